The van der Waals surface area contributed by atoms with E-state index in [9.17, 15) is 9.90 Å². The quantitative estimate of drug-likeness (QED) is 0.174. The third kappa shape index (κ3) is 8.15. The van der Waals surface area contributed by atoms with Gasteiger partial charge in [0.1, 0.15) is 6.61 Å². The van der Waals surface area contributed by atoms with E-state index < -0.39 is 5.97 Å². The van der Waals surface area contributed by atoms with Gasteiger partial charge in [0.2, 0.25) is 0 Å². The Morgan fingerprint density at radius 3 is 2.17 bits per heavy atom. The predicted molar refractivity (Wildman–Crippen MR) is 128 cm³/mol. The number of hydrogen-bond donors (Lipinski definition) is 1. The van der Waals surface area contributed by atoms with Gasteiger partial charge < -0.3 is 15.6 Å². The number of aryl methyl sites for hydroxylation is 1. The number of para-hydroxylation sites is 1. The molecule has 0 spiro atoms. The summed E-state index contributed by atoms with van der Waals surface area (Å²) in [6.07, 6.45) is 4.99. The van der Waals surface area contributed by atoms with Crippen molar-refractivity contribution in [2.45, 2.75) is 6.92 Å². The Morgan fingerprint density at radius 2 is 1.63 bits per heavy atom. The first-order chi connectivity index (χ1) is 16.6. The summed E-state index contributed by atoms with van der Waals surface area (Å²) in [5.74, 6) is -0.709. The second kappa shape index (κ2) is 14.4. The molecule has 3 heterocycles. The molecular weight excluding hydrogens is 487 g/mol. The molecule has 3 aromatic heterocycles. The minimum absolute atomic E-state index is 0. The van der Waals surface area contributed by atoms with Crippen molar-refractivity contribution in [3.8, 4) is 23.0 Å². The van der Waals surface area contributed by atoms with Crippen LogP contribution in [0.1, 0.15) is 11.3 Å². The number of rotatable bonds is 7. The van der Waals surface area contributed by atoms with E-state index in [0.29, 0.717) is 16.9 Å². The van der Waals surface area contributed by atoms with Gasteiger partial charge in [0.15, 0.2) is 0 Å². The number of benzene rings is 1. The topological polar surface area (TPSA) is 131 Å². The molecule has 10 heteroatoms. The first-order valence-electron chi connectivity index (χ1n) is 10.6. The van der Waals surface area contributed by atoms with Gasteiger partial charge in [0.05, 0.1) is 35.9 Å². The van der Waals surface area contributed by atoms with Crippen molar-refractivity contribution in [2.24, 2.45) is 10.7 Å². The molecule has 0 saturated carbocycles. The van der Waals surface area contributed by atoms with E-state index in [4.69, 9.17) is 10.5 Å². The van der Waals surface area contributed by atoms with Crippen LogP contribution < -0.4 is 10.8 Å². The Labute approximate surface area is 214 Å². The second-order valence-corrected chi connectivity index (χ2v) is 6.94. The number of esters is 1. The maximum Gasteiger partial charge on any atom is 3.00 e. The van der Waals surface area contributed by atoms with E-state index >= 15 is 0 Å². The second-order valence-electron chi connectivity index (χ2n) is 6.94. The van der Waals surface area contributed by atoms with Crippen molar-refractivity contribution in [1.29, 1.82) is 0 Å². The minimum atomic E-state index is -0.479. The van der Waals surface area contributed by atoms with Gasteiger partial charge in [-0.2, -0.15) is 5.10 Å². The molecule has 2 N–H and O–H groups in total. The number of carbonyl (C=O) groups excluding carboxylic acids is 1. The van der Waals surface area contributed by atoms with Crippen LogP contribution in [0, 0.1) is 6.92 Å². The summed E-state index contributed by atoms with van der Waals surface area (Å²) in [6, 6.07) is 20.8. The van der Waals surface area contributed by atoms with Gasteiger partial charge in [-0.3, -0.25) is 19.8 Å². The van der Waals surface area contributed by atoms with Crippen LogP contribution in [-0.4, -0.2) is 51.6 Å². The fourth-order valence-corrected chi connectivity index (χ4v) is 2.87. The molecule has 0 aliphatic carbocycles. The van der Waals surface area contributed by atoms with E-state index in [1.54, 1.807) is 31.5 Å². The van der Waals surface area contributed by atoms with Gasteiger partial charge in [0.25, 0.3) is 0 Å². The summed E-state index contributed by atoms with van der Waals surface area (Å²) in [4.78, 5) is 23.3. The zero-order valence-electron chi connectivity index (χ0n) is 19.1. The van der Waals surface area contributed by atoms with E-state index in [1.807, 2.05) is 54.6 Å². The Hall–Kier alpha value is -3.85. The largest absolute Gasteiger partial charge is 3.00 e. The minimum Gasteiger partial charge on any atom is -0.858 e. The van der Waals surface area contributed by atoms with E-state index in [1.165, 1.54) is 10.9 Å². The smallest absolute Gasteiger partial charge is 0.858 e. The Balaban J connectivity index is 0.000000280. The average molecular weight is 512 g/mol. The van der Waals surface area contributed by atoms with E-state index in [2.05, 4.69) is 20.1 Å². The molecule has 0 radical (unpaired) electrons. The van der Waals surface area contributed by atoms with Crippen LogP contribution in [0.3, 0.4) is 0 Å². The van der Waals surface area contributed by atoms with Crippen LogP contribution in [0.5, 0.6) is 5.88 Å². The molecular formula is C25H25MnN6O3+2. The van der Waals surface area contributed by atoms with Crippen molar-refractivity contribution < 1.29 is 31.7 Å². The van der Waals surface area contributed by atoms with Crippen LogP contribution in [-0.2, 0) is 26.6 Å². The number of aliphatic imine (C=N–C) groups is 1. The maximum atomic E-state index is 12.3. The van der Waals surface area contributed by atoms with Crippen LogP contribution in [0.4, 0.5) is 0 Å². The molecule has 4 rings (SSSR count). The number of aromatic nitrogens is 4. The molecule has 0 amide bonds. The fourth-order valence-electron chi connectivity index (χ4n) is 2.87. The van der Waals surface area contributed by atoms with Crippen molar-refractivity contribution in [2.75, 3.05) is 19.7 Å². The van der Waals surface area contributed by atoms with Crippen LogP contribution in [0.15, 0.2) is 84.1 Å². The molecule has 178 valence electrons. The molecule has 0 unspecified atom stereocenters. The number of nitrogens with zero attached hydrogens (tertiary/aromatic N) is 5. The van der Waals surface area contributed by atoms with Crippen LogP contribution >= 0.6 is 0 Å². The van der Waals surface area contributed by atoms with Crippen molar-refractivity contribution in [3.63, 3.8) is 0 Å². The Bertz CT molecular complexity index is 1160. The van der Waals surface area contributed by atoms with E-state index in [0.717, 1.165) is 11.4 Å². The summed E-state index contributed by atoms with van der Waals surface area (Å²) in [7, 11) is 0. The van der Waals surface area contributed by atoms with Crippen LogP contribution in [0.25, 0.3) is 17.1 Å². The first-order valence-corrected chi connectivity index (χ1v) is 10.6. The standard InChI is InChI=1S/C15H18N4O3.C10H8N2.Mn/c1-11-13(10-17-7-8-22-14(20)9-16)15(21)19(18-11)12-5-3-2-4-6-12;1-3-7-11-9(5-1)10-6-2-4-8-12-10;/h2-6,10,21H,7-9,16H2,1H3;1-8H;/q;;+3/p-1. The van der Waals surface area contributed by atoms with Gasteiger partial charge in [-0.1, -0.05) is 30.3 Å². The summed E-state index contributed by atoms with van der Waals surface area (Å²) < 4.78 is 6.13. The monoisotopic (exact) mass is 512 g/mol. The van der Waals surface area contributed by atoms with Gasteiger partial charge in [-0.15, -0.1) is 0 Å². The molecule has 9 nitrogen and oxygen atoms in total. The summed E-state index contributed by atoms with van der Waals surface area (Å²) in [5.41, 5.74) is 8.66. The maximum absolute atomic E-state index is 12.3. The molecule has 0 aliphatic heterocycles. The molecule has 0 atom stereocenters. The fraction of sp³-hybridized carbons (Fsp3) is 0.160. The number of nitrogens with two attached hydrogens (primary N) is 1. The summed E-state index contributed by atoms with van der Waals surface area (Å²) in [6.45, 7) is 1.99. The van der Waals surface area contributed by atoms with Crippen LogP contribution in [0.2, 0.25) is 0 Å². The third-order valence-electron chi connectivity index (χ3n) is 4.53. The normalized spacial score (nSPS) is 10.2. The molecule has 35 heavy (non-hydrogen) atoms. The van der Waals surface area contributed by atoms with Crippen molar-refractivity contribution in [1.82, 2.24) is 19.7 Å². The zero-order chi connectivity index (χ0) is 24.2. The van der Waals surface area contributed by atoms with E-state index in [-0.39, 0.29) is 42.6 Å². The molecule has 0 bridgehead atoms. The van der Waals surface area contributed by atoms with Crippen molar-refractivity contribution >= 4 is 12.2 Å². The summed E-state index contributed by atoms with van der Waals surface area (Å²) >= 11 is 0. The zero-order valence-corrected chi connectivity index (χ0v) is 20.3. The predicted octanol–water partition coefficient (Wildman–Crippen LogP) is 2.32. The van der Waals surface area contributed by atoms with Gasteiger partial charge in [-0.25, -0.2) is 4.68 Å². The Morgan fingerprint density at radius 1 is 1.03 bits per heavy atom. The summed E-state index contributed by atoms with van der Waals surface area (Å²) in [5, 5.41) is 16.5. The van der Waals surface area contributed by atoms with Gasteiger partial charge in [-0.05, 0) is 43.3 Å². The van der Waals surface area contributed by atoms with Crippen molar-refractivity contribution in [3.05, 3.63) is 90.4 Å². The molecule has 0 aliphatic rings. The molecule has 4 aromatic rings. The number of hydrogen-bond acceptors (Lipinski definition) is 8. The molecule has 0 saturated heterocycles. The SMILES string of the molecule is Cc1nn(-c2ccccc2)c([O-])c1C=NCCOC(=O)CN.[Mn+3].c1ccc(-c2ccccn2)nc1. The first kappa shape index (κ1) is 27.4. The third-order valence-corrected chi connectivity index (χ3v) is 4.53. The average Bonchev–Trinajstić information content (AvgIpc) is 3.18. The number of pyridine rings is 2. The van der Waals surface area contributed by atoms with Gasteiger partial charge in [0, 0.05) is 30.1 Å². The number of carbonyl (C=O) groups is 1. The molecule has 1 aromatic carbocycles. The molecule has 0 fully saturated rings. The van der Waals surface area contributed by atoms with Gasteiger partial charge >= 0.3 is 23.0 Å². The number of ether oxygens (including phenoxy) is 1. The Kier molecular flexibility index (Phi) is 11.3.